The molecule has 1 aliphatic rings. The summed E-state index contributed by atoms with van der Waals surface area (Å²) < 4.78 is 0. The van der Waals surface area contributed by atoms with Crippen LogP contribution in [0.5, 0.6) is 0 Å². The second-order valence-corrected chi connectivity index (χ2v) is 7.67. The van der Waals surface area contributed by atoms with E-state index in [0.29, 0.717) is 11.4 Å². The number of hydrogen-bond acceptors (Lipinski definition) is 4. The third-order valence-electron chi connectivity index (χ3n) is 4.42. The van der Waals surface area contributed by atoms with E-state index >= 15 is 0 Å². The van der Waals surface area contributed by atoms with Crippen molar-refractivity contribution in [1.82, 2.24) is 15.2 Å². The van der Waals surface area contributed by atoms with Crippen molar-refractivity contribution in [3.05, 3.63) is 40.4 Å². The Morgan fingerprint density at radius 1 is 1.24 bits per heavy atom. The zero-order valence-electron chi connectivity index (χ0n) is 14.3. The quantitative estimate of drug-likeness (QED) is 0.707. The number of carbonyl (C=O) groups is 1. The second-order valence-electron chi connectivity index (χ2n) is 6.41. The normalized spacial score (nSPS) is 14.8. The molecule has 1 saturated heterocycles. The molecule has 0 saturated carbocycles. The van der Waals surface area contributed by atoms with E-state index in [9.17, 15) is 4.79 Å². The third-order valence-corrected chi connectivity index (χ3v) is 5.67. The SMILES string of the molecule is O=C(Cc1csc(-c2ccccc2Cl)n1)NCCCCN1CCCC1. The lowest BCUT2D eigenvalue weighted by atomic mass is 10.2. The van der Waals surface area contributed by atoms with Crippen molar-refractivity contribution in [1.29, 1.82) is 0 Å². The van der Waals surface area contributed by atoms with Crippen molar-refractivity contribution in [2.24, 2.45) is 0 Å². The Balaban J connectivity index is 1.39. The standard InChI is InChI=1S/C19H24ClN3OS/c20-17-8-2-1-7-16(17)19-22-15(14-25-19)13-18(24)21-9-3-4-10-23-11-5-6-12-23/h1-2,7-8,14H,3-6,9-13H2,(H,21,24). The number of carbonyl (C=O) groups excluding carboxylic acids is 1. The lowest BCUT2D eigenvalue weighted by molar-refractivity contribution is -0.120. The lowest BCUT2D eigenvalue weighted by Gasteiger charge is -2.13. The molecule has 0 bridgehead atoms. The third kappa shape index (κ3) is 5.53. The van der Waals surface area contributed by atoms with Gasteiger partial charge >= 0.3 is 0 Å². The predicted octanol–water partition coefficient (Wildman–Crippen LogP) is 4.00. The molecule has 1 aromatic heterocycles. The smallest absolute Gasteiger partial charge is 0.226 e. The molecule has 1 amide bonds. The maximum atomic E-state index is 12.1. The number of likely N-dealkylation sites (tertiary alicyclic amines) is 1. The molecule has 0 aliphatic carbocycles. The van der Waals surface area contributed by atoms with Crippen molar-refractivity contribution in [3.8, 4) is 10.6 Å². The van der Waals surface area contributed by atoms with Crippen LogP contribution in [-0.4, -0.2) is 42.0 Å². The van der Waals surface area contributed by atoms with Gasteiger partial charge in [-0.3, -0.25) is 4.79 Å². The first-order valence-corrected chi connectivity index (χ1v) is 10.2. The van der Waals surface area contributed by atoms with E-state index < -0.39 is 0 Å². The van der Waals surface area contributed by atoms with E-state index in [1.807, 2.05) is 29.6 Å². The van der Waals surface area contributed by atoms with E-state index in [2.05, 4.69) is 15.2 Å². The van der Waals surface area contributed by atoms with Gasteiger partial charge in [0.25, 0.3) is 0 Å². The molecule has 25 heavy (non-hydrogen) atoms. The molecule has 1 aromatic carbocycles. The van der Waals surface area contributed by atoms with Gasteiger partial charge in [0.15, 0.2) is 0 Å². The summed E-state index contributed by atoms with van der Waals surface area (Å²) in [6.45, 7) is 4.38. The van der Waals surface area contributed by atoms with Gasteiger partial charge < -0.3 is 10.2 Å². The van der Waals surface area contributed by atoms with Crippen LogP contribution < -0.4 is 5.32 Å². The molecule has 1 aliphatic heterocycles. The van der Waals surface area contributed by atoms with Crippen LogP contribution in [0.4, 0.5) is 0 Å². The van der Waals surface area contributed by atoms with Gasteiger partial charge in [-0.1, -0.05) is 29.8 Å². The molecule has 4 nitrogen and oxygen atoms in total. The highest BCUT2D eigenvalue weighted by Gasteiger charge is 2.12. The van der Waals surface area contributed by atoms with E-state index in [-0.39, 0.29) is 5.91 Å². The minimum atomic E-state index is 0.0391. The number of halogens is 1. The maximum Gasteiger partial charge on any atom is 0.226 e. The average Bonchev–Trinajstić information content (AvgIpc) is 3.27. The molecule has 6 heteroatoms. The van der Waals surface area contributed by atoms with Crippen molar-refractivity contribution in [2.45, 2.75) is 32.1 Å². The van der Waals surface area contributed by atoms with Crippen LogP contribution in [0, 0.1) is 0 Å². The summed E-state index contributed by atoms with van der Waals surface area (Å²) in [5, 5.41) is 6.48. The zero-order chi connectivity index (χ0) is 17.5. The van der Waals surface area contributed by atoms with Gasteiger partial charge in [0, 0.05) is 17.5 Å². The number of thiazole rings is 1. The molecule has 1 fully saturated rings. The summed E-state index contributed by atoms with van der Waals surface area (Å²) >= 11 is 7.73. The van der Waals surface area contributed by atoms with Crippen LogP contribution in [-0.2, 0) is 11.2 Å². The van der Waals surface area contributed by atoms with Crippen molar-refractivity contribution >= 4 is 28.8 Å². The molecule has 2 aromatic rings. The summed E-state index contributed by atoms with van der Waals surface area (Å²) in [7, 11) is 0. The van der Waals surface area contributed by atoms with Crippen LogP contribution in [0.15, 0.2) is 29.6 Å². The maximum absolute atomic E-state index is 12.1. The Labute approximate surface area is 158 Å². The van der Waals surface area contributed by atoms with Crippen LogP contribution >= 0.6 is 22.9 Å². The Bertz CT molecular complexity index is 697. The number of aromatic nitrogens is 1. The van der Waals surface area contributed by atoms with E-state index in [4.69, 9.17) is 11.6 Å². The predicted molar refractivity (Wildman–Crippen MR) is 104 cm³/mol. The van der Waals surface area contributed by atoms with Gasteiger partial charge in [0.05, 0.1) is 17.1 Å². The molecular weight excluding hydrogens is 354 g/mol. The van der Waals surface area contributed by atoms with Gasteiger partial charge in [0.2, 0.25) is 5.91 Å². The number of rotatable bonds is 8. The number of benzene rings is 1. The van der Waals surface area contributed by atoms with Gasteiger partial charge in [0.1, 0.15) is 5.01 Å². The number of amides is 1. The minimum Gasteiger partial charge on any atom is -0.356 e. The van der Waals surface area contributed by atoms with Gasteiger partial charge in [-0.05, 0) is 51.4 Å². The van der Waals surface area contributed by atoms with E-state index in [1.54, 1.807) is 0 Å². The lowest BCUT2D eigenvalue weighted by Crippen LogP contribution is -2.27. The molecule has 1 N–H and O–H groups in total. The first-order valence-electron chi connectivity index (χ1n) is 8.91. The van der Waals surface area contributed by atoms with Crippen LogP contribution in [0.3, 0.4) is 0 Å². The molecule has 0 atom stereocenters. The Morgan fingerprint density at radius 3 is 2.84 bits per heavy atom. The molecule has 134 valence electrons. The Hall–Kier alpha value is -1.43. The van der Waals surface area contributed by atoms with E-state index in [1.165, 1.54) is 37.3 Å². The molecule has 2 heterocycles. The topological polar surface area (TPSA) is 45.2 Å². The second kappa shape index (κ2) is 9.32. The minimum absolute atomic E-state index is 0.0391. The zero-order valence-corrected chi connectivity index (χ0v) is 15.9. The first kappa shape index (κ1) is 18.4. The molecule has 3 rings (SSSR count). The van der Waals surface area contributed by atoms with Gasteiger partial charge in [-0.25, -0.2) is 4.98 Å². The summed E-state index contributed by atoms with van der Waals surface area (Å²) in [6.07, 6.45) is 5.17. The van der Waals surface area contributed by atoms with Gasteiger partial charge in [-0.2, -0.15) is 0 Å². The molecule has 0 spiro atoms. The largest absolute Gasteiger partial charge is 0.356 e. The first-order chi connectivity index (χ1) is 12.2. The van der Waals surface area contributed by atoms with Crippen molar-refractivity contribution < 1.29 is 4.79 Å². The Morgan fingerprint density at radius 2 is 2.04 bits per heavy atom. The highest BCUT2D eigenvalue weighted by molar-refractivity contribution is 7.13. The monoisotopic (exact) mass is 377 g/mol. The van der Waals surface area contributed by atoms with Crippen molar-refractivity contribution in [2.75, 3.05) is 26.2 Å². The van der Waals surface area contributed by atoms with Crippen LogP contribution in [0.1, 0.15) is 31.4 Å². The summed E-state index contributed by atoms with van der Waals surface area (Å²) in [5.41, 5.74) is 1.72. The highest BCUT2D eigenvalue weighted by Crippen LogP contribution is 2.30. The highest BCUT2D eigenvalue weighted by atomic mass is 35.5. The fraction of sp³-hybridized carbons (Fsp3) is 0.474. The summed E-state index contributed by atoms with van der Waals surface area (Å²) in [4.78, 5) is 19.1. The average molecular weight is 378 g/mol. The number of nitrogens with zero attached hydrogens (tertiary/aromatic N) is 2. The summed E-state index contributed by atoms with van der Waals surface area (Å²) in [5.74, 6) is 0.0391. The number of hydrogen-bond donors (Lipinski definition) is 1. The van der Waals surface area contributed by atoms with Gasteiger partial charge in [-0.15, -0.1) is 11.3 Å². The number of nitrogens with one attached hydrogen (secondary N) is 1. The van der Waals surface area contributed by atoms with Crippen LogP contribution in [0.2, 0.25) is 5.02 Å². The molecule has 0 unspecified atom stereocenters. The number of unbranched alkanes of at least 4 members (excludes halogenated alkanes) is 1. The summed E-state index contributed by atoms with van der Waals surface area (Å²) in [6, 6.07) is 7.65. The molecule has 0 radical (unpaired) electrons. The van der Waals surface area contributed by atoms with Crippen LogP contribution in [0.25, 0.3) is 10.6 Å². The molecular formula is C19H24ClN3OS. The fourth-order valence-electron chi connectivity index (χ4n) is 3.07. The van der Waals surface area contributed by atoms with Crippen molar-refractivity contribution in [3.63, 3.8) is 0 Å². The fourth-order valence-corrected chi connectivity index (χ4v) is 4.21. The Kier molecular flexibility index (Phi) is 6.84. The van der Waals surface area contributed by atoms with E-state index in [0.717, 1.165) is 42.2 Å².